The van der Waals surface area contributed by atoms with Gasteiger partial charge in [0.25, 0.3) is 0 Å². The number of aromatic nitrogens is 1. The number of allylic oxidation sites excluding steroid dienone is 1. The first-order valence-corrected chi connectivity index (χ1v) is 6.59. The second-order valence-electron chi connectivity index (χ2n) is 4.73. The first kappa shape index (κ1) is 15.2. The van der Waals surface area contributed by atoms with E-state index in [2.05, 4.69) is 48.8 Å². The Morgan fingerprint density at radius 3 is 2.58 bits per heavy atom. The molecular formula is C16H23N3. The van der Waals surface area contributed by atoms with Gasteiger partial charge in [-0.25, -0.2) is 4.99 Å². The summed E-state index contributed by atoms with van der Waals surface area (Å²) < 4.78 is 0. The first-order valence-electron chi connectivity index (χ1n) is 6.59. The maximum atomic E-state index is 4.59. The minimum absolute atomic E-state index is 0.331. The van der Waals surface area contributed by atoms with Crippen LogP contribution in [0.4, 0.5) is 0 Å². The molecule has 3 nitrogen and oxygen atoms in total. The van der Waals surface area contributed by atoms with Gasteiger partial charge in [0.15, 0.2) is 0 Å². The summed E-state index contributed by atoms with van der Waals surface area (Å²) in [7, 11) is 0. The Balaban J connectivity index is 2.97. The third kappa shape index (κ3) is 4.05. The summed E-state index contributed by atoms with van der Waals surface area (Å²) in [6.45, 7) is 16.5. The van der Waals surface area contributed by atoms with Crippen molar-refractivity contribution in [3.8, 4) is 0 Å². The van der Waals surface area contributed by atoms with Crippen molar-refractivity contribution in [3.63, 3.8) is 0 Å². The molecule has 0 aliphatic rings. The van der Waals surface area contributed by atoms with Gasteiger partial charge in [-0.2, -0.15) is 0 Å². The van der Waals surface area contributed by atoms with E-state index in [9.17, 15) is 0 Å². The van der Waals surface area contributed by atoms with E-state index < -0.39 is 0 Å². The molecule has 102 valence electrons. The molecular weight excluding hydrogens is 234 g/mol. The topological polar surface area (TPSA) is 28.5 Å². The summed E-state index contributed by atoms with van der Waals surface area (Å²) in [6.07, 6.45) is 4.42. The van der Waals surface area contributed by atoms with Gasteiger partial charge in [0.1, 0.15) is 5.84 Å². The van der Waals surface area contributed by atoms with Crippen LogP contribution < -0.4 is 0 Å². The molecule has 0 bridgehead atoms. The summed E-state index contributed by atoms with van der Waals surface area (Å²) in [5, 5.41) is 0. The van der Waals surface area contributed by atoms with Crippen molar-refractivity contribution in [2.24, 2.45) is 4.99 Å². The van der Waals surface area contributed by atoms with Gasteiger partial charge in [-0.05, 0) is 39.3 Å². The zero-order valence-corrected chi connectivity index (χ0v) is 12.3. The molecule has 0 atom stereocenters. The maximum Gasteiger partial charge on any atom is 0.106 e. The van der Waals surface area contributed by atoms with Crippen LogP contribution in [0.3, 0.4) is 0 Å². The average molecular weight is 257 g/mol. The molecule has 0 aliphatic carbocycles. The van der Waals surface area contributed by atoms with Crippen molar-refractivity contribution in [3.05, 3.63) is 48.9 Å². The number of aliphatic imine (C=N–C) groups is 1. The molecule has 3 heteroatoms. The zero-order chi connectivity index (χ0) is 14.4. The zero-order valence-electron chi connectivity index (χ0n) is 12.3. The van der Waals surface area contributed by atoms with E-state index in [0.717, 1.165) is 29.2 Å². The minimum Gasteiger partial charge on any atom is -0.332 e. The largest absolute Gasteiger partial charge is 0.332 e. The van der Waals surface area contributed by atoms with Crippen LogP contribution in [0.1, 0.15) is 39.7 Å². The number of hydrogen-bond acceptors (Lipinski definition) is 2. The van der Waals surface area contributed by atoms with Gasteiger partial charge in [0.2, 0.25) is 0 Å². The van der Waals surface area contributed by atoms with Gasteiger partial charge in [-0.3, -0.25) is 4.98 Å². The van der Waals surface area contributed by atoms with Crippen LogP contribution in [0.2, 0.25) is 0 Å². The summed E-state index contributed by atoms with van der Waals surface area (Å²) in [5.74, 6) is 0.913. The fourth-order valence-corrected chi connectivity index (χ4v) is 1.99. The van der Waals surface area contributed by atoms with Gasteiger partial charge in [-0.1, -0.05) is 20.1 Å². The predicted molar refractivity (Wildman–Crippen MR) is 82.8 cm³/mol. The Morgan fingerprint density at radius 2 is 2.11 bits per heavy atom. The lowest BCUT2D eigenvalue weighted by Crippen LogP contribution is -2.34. The number of rotatable bonds is 5. The van der Waals surface area contributed by atoms with E-state index in [1.807, 2.05) is 19.1 Å². The summed E-state index contributed by atoms with van der Waals surface area (Å²) >= 11 is 0. The third-order valence-electron chi connectivity index (χ3n) is 2.91. The molecule has 19 heavy (non-hydrogen) atoms. The molecule has 1 heterocycles. The minimum atomic E-state index is 0.331. The van der Waals surface area contributed by atoms with Crippen LogP contribution in [0, 0.1) is 0 Å². The fourth-order valence-electron chi connectivity index (χ4n) is 1.99. The monoisotopic (exact) mass is 257 g/mol. The summed E-state index contributed by atoms with van der Waals surface area (Å²) in [4.78, 5) is 10.8. The molecule has 1 aromatic heterocycles. The van der Waals surface area contributed by atoms with E-state index in [1.165, 1.54) is 0 Å². The molecule has 0 saturated heterocycles. The lowest BCUT2D eigenvalue weighted by atomic mass is 10.2. The Hall–Kier alpha value is -1.90. The predicted octanol–water partition coefficient (Wildman–Crippen LogP) is 4.10. The van der Waals surface area contributed by atoms with Crippen molar-refractivity contribution in [1.29, 1.82) is 0 Å². The van der Waals surface area contributed by atoms with E-state index in [4.69, 9.17) is 0 Å². The lowest BCUT2D eigenvalue weighted by Gasteiger charge is -2.30. The molecule has 0 N–H and O–H groups in total. The van der Waals surface area contributed by atoms with E-state index in [1.54, 1.807) is 12.4 Å². The van der Waals surface area contributed by atoms with Gasteiger partial charge < -0.3 is 4.90 Å². The number of pyridine rings is 1. The van der Waals surface area contributed by atoms with Gasteiger partial charge >= 0.3 is 0 Å². The highest BCUT2D eigenvalue weighted by molar-refractivity contribution is 5.87. The quantitative estimate of drug-likeness (QED) is 0.586. The Morgan fingerprint density at radius 1 is 1.42 bits per heavy atom. The highest BCUT2D eigenvalue weighted by Crippen LogP contribution is 2.17. The molecule has 0 amide bonds. The van der Waals surface area contributed by atoms with Crippen molar-refractivity contribution < 1.29 is 0 Å². The normalized spacial score (nSPS) is 11.5. The van der Waals surface area contributed by atoms with Crippen LogP contribution in [0.15, 0.2) is 48.4 Å². The van der Waals surface area contributed by atoms with Gasteiger partial charge in [0.05, 0.1) is 5.70 Å². The van der Waals surface area contributed by atoms with Crippen molar-refractivity contribution >= 4 is 11.5 Å². The SMILES string of the molecule is C=C(N=C(C)N(C(=C)CC)C(C)C)c1cccnc1. The Bertz CT molecular complexity index is 472. The summed E-state index contributed by atoms with van der Waals surface area (Å²) in [6, 6.07) is 4.18. The fraction of sp³-hybridized carbons (Fsp3) is 0.375. The van der Waals surface area contributed by atoms with Gasteiger partial charge in [-0.15, -0.1) is 0 Å². The Kier molecular flexibility index (Phi) is 5.49. The standard InChI is InChI=1S/C16H23N3/c1-7-13(4)19(12(2)3)15(6)18-14(5)16-9-8-10-17-11-16/h8-12H,4-5,7H2,1-3,6H3. The molecule has 0 aromatic carbocycles. The maximum absolute atomic E-state index is 4.59. The molecule has 0 radical (unpaired) electrons. The van der Waals surface area contributed by atoms with E-state index in [0.29, 0.717) is 6.04 Å². The lowest BCUT2D eigenvalue weighted by molar-refractivity contribution is 0.414. The first-order chi connectivity index (χ1) is 8.97. The van der Waals surface area contributed by atoms with E-state index >= 15 is 0 Å². The van der Waals surface area contributed by atoms with Crippen LogP contribution in [-0.4, -0.2) is 21.8 Å². The Labute approximate surface area is 116 Å². The van der Waals surface area contributed by atoms with Crippen molar-refractivity contribution in [2.75, 3.05) is 0 Å². The summed E-state index contributed by atoms with van der Waals surface area (Å²) in [5.41, 5.74) is 2.73. The van der Waals surface area contributed by atoms with Crippen molar-refractivity contribution in [1.82, 2.24) is 9.88 Å². The second kappa shape index (κ2) is 6.88. The van der Waals surface area contributed by atoms with Gasteiger partial charge in [0, 0.05) is 29.7 Å². The van der Waals surface area contributed by atoms with Crippen LogP contribution in [0.5, 0.6) is 0 Å². The molecule has 0 fully saturated rings. The van der Waals surface area contributed by atoms with E-state index in [-0.39, 0.29) is 0 Å². The average Bonchev–Trinajstić information content (AvgIpc) is 2.39. The highest BCUT2D eigenvalue weighted by Gasteiger charge is 2.13. The molecule has 1 rings (SSSR count). The van der Waals surface area contributed by atoms with Crippen LogP contribution >= 0.6 is 0 Å². The molecule has 0 spiro atoms. The highest BCUT2D eigenvalue weighted by atomic mass is 15.2. The van der Waals surface area contributed by atoms with Crippen molar-refractivity contribution in [2.45, 2.75) is 40.2 Å². The molecule has 0 saturated carbocycles. The van der Waals surface area contributed by atoms with Crippen LogP contribution in [0.25, 0.3) is 5.70 Å². The number of amidine groups is 1. The molecule has 0 unspecified atom stereocenters. The number of hydrogen-bond donors (Lipinski definition) is 0. The smallest absolute Gasteiger partial charge is 0.106 e. The van der Waals surface area contributed by atoms with Crippen LogP contribution in [-0.2, 0) is 0 Å². The number of nitrogens with zero attached hydrogens (tertiary/aromatic N) is 3. The second-order valence-corrected chi connectivity index (χ2v) is 4.73. The molecule has 1 aromatic rings. The molecule has 0 aliphatic heterocycles. The third-order valence-corrected chi connectivity index (χ3v) is 2.91.